The molecule has 3 nitrogen and oxygen atoms in total. The Labute approximate surface area is 87.0 Å². The Bertz CT molecular complexity index is 516. The van der Waals surface area contributed by atoms with Crippen LogP contribution in [0, 0.1) is 13.8 Å². The summed E-state index contributed by atoms with van der Waals surface area (Å²) in [5, 5.41) is -0.237. The fourth-order valence-corrected chi connectivity index (χ4v) is 1.71. The van der Waals surface area contributed by atoms with Gasteiger partial charge in [0.05, 0.1) is 16.6 Å². The maximum Gasteiger partial charge on any atom is 0.218 e. The summed E-state index contributed by atoms with van der Waals surface area (Å²) in [6.07, 6.45) is 0. The van der Waals surface area contributed by atoms with Gasteiger partial charge in [0.2, 0.25) is 5.12 Å². The molecule has 1 aromatic heterocycles. The van der Waals surface area contributed by atoms with Gasteiger partial charge in [-0.1, -0.05) is 6.07 Å². The van der Waals surface area contributed by atoms with Gasteiger partial charge in [-0.2, -0.15) is 0 Å². The van der Waals surface area contributed by atoms with Crippen molar-refractivity contribution in [3.05, 3.63) is 29.1 Å². The van der Waals surface area contributed by atoms with Crippen LogP contribution in [0.4, 0.5) is 0 Å². The van der Waals surface area contributed by atoms with Gasteiger partial charge in [0.15, 0.2) is 0 Å². The zero-order valence-corrected chi connectivity index (χ0v) is 8.85. The summed E-state index contributed by atoms with van der Waals surface area (Å²) in [5.74, 6) is 0.810. The van der Waals surface area contributed by atoms with Crippen LogP contribution in [0.3, 0.4) is 0 Å². The van der Waals surface area contributed by atoms with Gasteiger partial charge in [0, 0.05) is 0 Å². The van der Waals surface area contributed by atoms with Crippen LogP contribution in [-0.2, 0) is 0 Å². The molecule has 0 aliphatic carbocycles. The molecule has 2 rings (SSSR count). The number of H-pyrrole nitrogens is 1. The number of aryl methyl sites for hydroxylation is 2. The number of fused-ring (bicyclic) bond motifs is 1. The number of nitrogens with one attached hydrogen (secondary N) is 1. The molecule has 0 unspecified atom stereocenters. The number of imidazole rings is 1. The van der Waals surface area contributed by atoms with E-state index in [2.05, 4.69) is 22.6 Å². The SMILES string of the molecule is Cc1nc2c(C)ccc(C(=O)S)c2[nH]1. The lowest BCUT2D eigenvalue weighted by atomic mass is 10.1. The molecule has 4 heteroatoms. The molecular weight excluding hydrogens is 196 g/mol. The van der Waals surface area contributed by atoms with Gasteiger partial charge in [0.1, 0.15) is 5.82 Å². The zero-order valence-electron chi connectivity index (χ0n) is 7.96. The lowest BCUT2D eigenvalue weighted by Gasteiger charge is -1.98. The number of hydrogen-bond donors (Lipinski definition) is 2. The van der Waals surface area contributed by atoms with Crippen LogP contribution >= 0.6 is 12.6 Å². The van der Waals surface area contributed by atoms with E-state index < -0.39 is 0 Å². The first-order valence-corrected chi connectivity index (χ1v) is 4.73. The van der Waals surface area contributed by atoms with Gasteiger partial charge in [-0.05, 0) is 25.5 Å². The molecule has 0 radical (unpaired) electrons. The molecule has 14 heavy (non-hydrogen) atoms. The van der Waals surface area contributed by atoms with E-state index in [-0.39, 0.29) is 5.12 Å². The van der Waals surface area contributed by atoms with Gasteiger partial charge in [0.25, 0.3) is 0 Å². The second-order valence-corrected chi connectivity index (χ2v) is 3.69. The Hall–Kier alpha value is -1.29. The number of aromatic nitrogens is 2. The number of aromatic amines is 1. The molecule has 0 bridgehead atoms. The minimum atomic E-state index is -0.237. The molecule has 2 aromatic rings. The maximum atomic E-state index is 11.2. The van der Waals surface area contributed by atoms with Crippen LogP contribution in [-0.4, -0.2) is 15.1 Å². The van der Waals surface area contributed by atoms with Crippen LogP contribution < -0.4 is 0 Å². The van der Waals surface area contributed by atoms with Crippen LogP contribution in [0.5, 0.6) is 0 Å². The first-order valence-electron chi connectivity index (χ1n) is 4.29. The smallest absolute Gasteiger partial charge is 0.218 e. The third kappa shape index (κ3) is 1.32. The van der Waals surface area contributed by atoms with E-state index >= 15 is 0 Å². The average Bonchev–Trinajstić information content (AvgIpc) is 2.47. The van der Waals surface area contributed by atoms with Crippen molar-refractivity contribution < 1.29 is 4.79 Å². The number of thiol groups is 1. The largest absolute Gasteiger partial charge is 0.342 e. The highest BCUT2D eigenvalue weighted by molar-refractivity contribution is 7.97. The minimum absolute atomic E-state index is 0.237. The van der Waals surface area contributed by atoms with Crippen LogP contribution in [0.1, 0.15) is 21.7 Å². The highest BCUT2D eigenvalue weighted by Crippen LogP contribution is 2.21. The Morgan fingerprint density at radius 3 is 2.79 bits per heavy atom. The van der Waals surface area contributed by atoms with Crippen molar-refractivity contribution in [1.82, 2.24) is 9.97 Å². The summed E-state index contributed by atoms with van der Waals surface area (Å²) in [5.41, 5.74) is 3.27. The van der Waals surface area contributed by atoms with E-state index in [1.54, 1.807) is 6.07 Å². The number of carbonyl (C=O) groups excluding carboxylic acids is 1. The van der Waals surface area contributed by atoms with Crippen molar-refractivity contribution in [2.24, 2.45) is 0 Å². The molecule has 0 atom stereocenters. The average molecular weight is 206 g/mol. The summed E-state index contributed by atoms with van der Waals surface area (Å²) in [6, 6.07) is 3.65. The number of rotatable bonds is 1. The maximum absolute atomic E-state index is 11.2. The highest BCUT2D eigenvalue weighted by Gasteiger charge is 2.10. The molecule has 0 saturated carbocycles. The minimum Gasteiger partial charge on any atom is -0.342 e. The standard InChI is InChI=1S/C10H10N2OS/c1-5-3-4-7(10(13)14)9-8(5)11-6(2)12-9/h3-4H,1-2H3,(H,11,12)(H,13,14). The van der Waals surface area contributed by atoms with Crippen molar-refractivity contribution >= 4 is 28.8 Å². The topological polar surface area (TPSA) is 45.8 Å². The molecular formula is C10H10N2OS. The quantitative estimate of drug-likeness (QED) is 0.703. The summed E-state index contributed by atoms with van der Waals surface area (Å²) in [7, 11) is 0. The molecule has 0 aliphatic rings. The predicted octanol–water partition coefficient (Wildman–Crippen LogP) is 2.25. The molecule has 0 saturated heterocycles. The monoisotopic (exact) mass is 206 g/mol. The predicted molar refractivity (Wildman–Crippen MR) is 58.9 cm³/mol. The van der Waals surface area contributed by atoms with Gasteiger partial charge in [-0.15, -0.1) is 12.6 Å². The molecule has 72 valence electrons. The Morgan fingerprint density at radius 2 is 2.14 bits per heavy atom. The zero-order chi connectivity index (χ0) is 10.3. The van der Waals surface area contributed by atoms with E-state index in [1.165, 1.54) is 0 Å². The van der Waals surface area contributed by atoms with Gasteiger partial charge < -0.3 is 4.98 Å². The molecule has 1 N–H and O–H groups in total. The summed E-state index contributed by atoms with van der Waals surface area (Å²) >= 11 is 3.82. The second-order valence-electron chi connectivity index (χ2n) is 3.28. The first kappa shape index (κ1) is 9.27. The highest BCUT2D eigenvalue weighted by atomic mass is 32.1. The number of hydrogen-bond acceptors (Lipinski definition) is 2. The Kier molecular flexibility index (Phi) is 2.07. The lowest BCUT2D eigenvalue weighted by molar-refractivity contribution is 0.109. The second kappa shape index (κ2) is 3.13. The van der Waals surface area contributed by atoms with Gasteiger partial charge >= 0.3 is 0 Å². The number of benzene rings is 1. The third-order valence-electron chi connectivity index (χ3n) is 2.20. The molecule has 0 aliphatic heterocycles. The van der Waals surface area contributed by atoms with Gasteiger partial charge in [-0.3, -0.25) is 4.79 Å². The van der Waals surface area contributed by atoms with Crippen LogP contribution in [0.25, 0.3) is 11.0 Å². The van der Waals surface area contributed by atoms with E-state index in [0.29, 0.717) is 5.56 Å². The fourth-order valence-electron chi connectivity index (χ4n) is 1.52. The third-order valence-corrected chi connectivity index (χ3v) is 2.44. The van der Waals surface area contributed by atoms with Crippen molar-refractivity contribution in [1.29, 1.82) is 0 Å². The van der Waals surface area contributed by atoms with E-state index in [1.807, 2.05) is 19.9 Å². The summed E-state index contributed by atoms with van der Waals surface area (Å²) < 4.78 is 0. The molecule has 0 amide bonds. The van der Waals surface area contributed by atoms with Crippen molar-refractivity contribution in [2.45, 2.75) is 13.8 Å². The summed E-state index contributed by atoms with van der Waals surface area (Å²) in [4.78, 5) is 18.6. The van der Waals surface area contributed by atoms with Crippen LogP contribution in [0.2, 0.25) is 0 Å². The van der Waals surface area contributed by atoms with Gasteiger partial charge in [-0.25, -0.2) is 4.98 Å². The molecule has 0 fully saturated rings. The fraction of sp³-hybridized carbons (Fsp3) is 0.200. The van der Waals surface area contributed by atoms with E-state index in [0.717, 1.165) is 22.4 Å². The summed E-state index contributed by atoms with van der Waals surface area (Å²) in [6.45, 7) is 3.83. The number of carbonyl (C=O) groups is 1. The number of nitrogens with zero attached hydrogens (tertiary/aromatic N) is 1. The first-order chi connectivity index (χ1) is 6.59. The van der Waals surface area contributed by atoms with E-state index in [4.69, 9.17) is 0 Å². The molecule has 1 heterocycles. The molecule has 1 aromatic carbocycles. The normalized spacial score (nSPS) is 10.8. The van der Waals surface area contributed by atoms with E-state index in [9.17, 15) is 4.79 Å². The Balaban J connectivity index is 2.87. The van der Waals surface area contributed by atoms with Crippen molar-refractivity contribution in [3.63, 3.8) is 0 Å². The lowest BCUT2D eigenvalue weighted by Crippen LogP contribution is -1.91. The Morgan fingerprint density at radius 1 is 1.43 bits per heavy atom. The van der Waals surface area contributed by atoms with Crippen molar-refractivity contribution in [3.8, 4) is 0 Å². The van der Waals surface area contributed by atoms with Crippen molar-refractivity contribution in [2.75, 3.05) is 0 Å². The van der Waals surface area contributed by atoms with Crippen LogP contribution in [0.15, 0.2) is 12.1 Å². The molecule has 0 spiro atoms.